The van der Waals surface area contributed by atoms with Gasteiger partial charge >= 0.3 is 5.97 Å². The molecule has 0 N–H and O–H groups in total. The molecule has 1 rings (SSSR count). The summed E-state index contributed by atoms with van der Waals surface area (Å²) in [6.07, 6.45) is 1.38. The monoisotopic (exact) mass is 312 g/mol. The van der Waals surface area contributed by atoms with Gasteiger partial charge in [0, 0.05) is 0 Å². The van der Waals surface area contributed by atoms with Gasteiger partial charge in [-0.1, -0.05) is 11.6 Å². The van der Waals surface area contributed by atoms with E-state index in [2.05, 4.69) is 9.97 Å². The van der Waals surface area contributed by atoms with Gasteiger partial charge in [0.2, 0.25) is 0 Å². The molecule has 70 valence electrons. The fourth-order valence-electron chi connectivity index (χ4n) is 0.682. The zero-order valence-corrected chi connectivity index (χ0v) is 9.66. The van der Waals surface area contributed by atoms with E-state index < -0.39 is 5.97 Å². The highest BCUT2D eigenvalue weighted by Gasteiger charge is 2.14. The van der Waals surface area contributed by atoms with Crippen molar-refractivity contribution in [1.82, 2.24) is 9.97 Å². The molecule has 0 aliphatic heterocycles. The number of hydrogen-bond donors (Lipinski definition) is 0. The second-order valence-electron chi connectivity index (χ2n) is 2.05. The molecule has 0 saturated carbocycles. The number of carbonyl (C=O) groups excluding carboxylic acids is 1. The average Bonchev–Trinajstić information content (AvgIpc) is 2.09. The van der Waals surface area contributed by atoms with Gasteiger partial charge in [0.25, 0.3) is 0 Å². The van der Waals surface area contributed by atoms with E-state index in [0.29, 0.717) is 10.3 Å². The minimum atomic E-state index is -0.498. The quantitative estimate of drug-likeness (QED) is 0.618. The molecule has 4 nitrogen and oxygen atoms in total. The van der Waals surface area contributed by atoms with Crippen molar-refractivity contribution in [3.63, 3.8) is 0 Å². The van der Waals surface area contributed by atoms with Crippen molar-refractivity contribution in [2.75, 3.05) is 6.61 Å². The van der Waals surface area contributed by atoms with Gasteiger partial charge in [-0.3, -0.25) is 0 Å². The lowest BCUT2D eigenvalue weighted by Gasteiger charge is -2.02. The number of nitrogens with zero attached hydrogens (tertiary/aromatic N) is 2. The number of ether oxygens (including phenoxy) is 1. The van der Waals surface area contributed by atoms with Crippen molar-refractivity contribution in [1.29, 1.82) is 0 Å². The number of carbonyl (C=O) groups is 1. The van der Waals surface area contributed by atoms with Crippen LogP contribution in [0.3, 0.4) is 0 Å². The Morgan fingerprint density at radius 2 is 2.46 bits per heavy atom. The van der Waals surface area contributed by atoms with E-state index in [9.17, 15) is 4.79 Å². The lowest BCUT2D eigenvalue weighted by atomic mass is 10.4. The fourth-order valence-corrected chi connectivity index (χ4v) is 1.30. The van der Waals surface area contributed by atoms with Gasteiger partial charge in [0.05, 0.1) is 12.8 Å². The molecule has 0 spiro atoms. The first-order valence-electron chi connectivity index (χ1n) is 3.50. The highest BCUT2D eigenvalue weighted by Crippen LogP contribution is 2.11. The van der Waals surface area contributed by atoms with Gasteiger partial charge in [-0.25, -0.2) is 14.8 Å². The van der Waals surface area contributed by atoms with E-state index in [4.69, 9.17) is 16.3 Å². The van der Waals surface area contributed by atoms with Crippen molar-refractivity contribution in [3.05, 3.63) is 20.7 Å². The summed E-state index contributed by atoms with van der Waals surface area (Å²) < 4.78 is 5.25. The van der Waals surface area contributed by atoms with Gasteiger partial charge < -0.3 is 4.74 Å². The second kappa shape index (κ2) is 4.71. The van der Waals surface area contributed by atoms with E-state index in [0.717, 1.165) is 0 Å². The van der Waals surface area contributed by atoms with Gasteiger partial charge in [0.15, 0.2) is 5.69 Å². The van der Waals surface area contributed by atoms with Crippen LogP contribution in [0.25, 0.3) is 0 Å². The normalized spacial score (nSPS) is 9.77. The van der Waals surface area contributed by atoms with Gasteiger partial charge in [0.1, 0.15) is 8.85 Å². The van der Waals surface area contributed by atoms with Crippen LogP contribution in [0, 0.1) is 3.70 Å². The van der Waals surface area contributed by atoms with Crippen molar-refractivity contribution < 1.29 is 9.53 Å². The summed E-state index contributed by atoms with van der Waals surface area (Å²) in [5.41, 5.74) is 0.162. The first kappa shape index (κ1) is 10.6. The number of hydrogen-bond acceptors (Lipinski definition) is 4. The Morgan fingerprint density at radius 1 is 1.77 bits per heavy atom. The zero-order valence-electron chi connectivity index (χ0n) is 6.75. The zero-order chi connectivity index (χ0) is 9.84. The van der Waals surface area contributed by atoms with E-state index in [-0.39, 0.29) is 10.8 Å². The molecule has 0 bridgehead atoms. The van der Waals surface area contributed by atoms with Gasteiger partial charge in [-0.15, -0.1) is 0 Å². The average molecular weight is 312 g/mol. The number of esters is 1. The summed E-state index contributed by atoms with van der Waals surface area (Å²) in [5.74, 6) is -0.498. The minimum Gasteiger partial charge on any atom is -0.461 e. The summed E-state index contributed by atoms with van der Waals surface area (Å²) in [6.45, 7) is 2.03. The maximum absolute atomic E-state index is 11.2. The summed E-state index contributed by atoms with van der Waals surface area (Å²) in [4.78, 5) is 18.9. The predicted octanol–water partition coefficient (Wildman–Crippen LogP) is 1.91. The van der Waals surface area contributed by atoms with Crippen LogP contribution in [0.1, 0.15) is 17.4 Å². The molecule has 0 fully saturated rings. The highest BCUT2D eigenvalue weighted by molar-refractivity contribution is 14.1. The molecule has 0 aromatic carbocycles. The summed E-state index contributed by atoms with van der Waals surface area (Å²) in [7, 11) is 0. The van der Waals surface area contributed by atoms with Crippen LogP contribution < -0.4 is 0 Å². The first-order valence-corrected chi connectivity index (χ1v) is 4.96. The smallest absolute Gasteiger partial charge is 0.359 e. The van der Waals surface area contributed by atoms with Crippen molar-refractivity contribution in [2.45, 2.75) is 6.92 Å². The van der Waals surface area contributed by atoms with Crippen LogP contribution in [0.5, 0.6) is 0 Å². The number of halogens is 2. The molecule has 6 heteroatoms. The molecule has 1 heterocycles. The van der Waals surface area contributed by atoms with Crippen LogP contribution in [0.2, 0.25) is 5.15 Å². The van der Waals surface area contributed by atoms with Crippen LogP contribution in [-0.4, -0.2) is 22.5 Å². The van der Waals surface area contributed by atoms with E-state index >= 15 is 0 Å². The third-order valence-corrected chi connectivity index (χ3v) is 2.14. The molecule has 0 radical (unpaired) electrons. The maximum atomic E-state index is 11.2. The topological polar surface area (TPSA) is 52.1 Å². The fraction of sp³-hybridized carbons (Fsp3) is 0.286. The minimum absolute atomic E-state index is 0.162. The van der Waals surface area contributed by atoms with E-state index in [1.165, 1.54) is 6.20 Å². The lowest BCUT2D eigenvalue weighted by Crippen LogP contribution is -2.10. The van der Waals surface area contributed by atoms with Crippen LogP contribution in [0.4, 0.5) is 0 Å². The molecule has 0 atom stereocenters. The second-order valence-corrected chi connectivity index (χ2v) is 3.46. The molecule has 1 aromatic heterocycles. The molecular weight excluding hydrogens is 306 g/mol. The Labute approximate surface area is 93.8 Å². The Kier molecular flexibility index (Phi) is 3.86. The Morgan fingerprint density at radius 3 is 3.08 bits per heavy atom. The molecule has 0 unspecified atom stereocenters. The molecule has 0 aliphatic carbocycles. The molecule has 0 saturated heterocycles. The van der Waals surface area contributed by atoms with Crippen LogP contribution >= 0.6 is 34.2 Å². The third kappa shape index (κ3) is 2.77. The summed E-state index contributed by atoms with van der Waals surface area (Å²) in [5, 5.41) is 0.184. The Bertz CT molecular complexity index is 332. The predicted molar refractivity (Wildman–Crippen MR) is 55.7 cm³/mol. The van der Waals surface area contributed by atoms with Crippen LogP contribution in [0.15, 0.2) is 6.20 Å². The molecule has 0 aliphatic rings. The molecule has 1 aromatic rings. The number of aromatic nitrogens is 2. The number of rotatable bonds is 2. The van der Waals surface area contributed by atoms with Gasteiger partial charge in [-0.2, -0.15) is 0 Å². The van der Waals surface area contributed by atoms with E-state index in [1.54, 1.807) is 6.92 Å². The van der Waals surface area contributed by atoms with Crippen molar-refractivity contribution >= 4 is 40.2 Å². The standard InChI is InChI=1S/C7H6ClIN2O2/c1-2-13-7(12)5-6(9)10-3-4(8)11-5/h3H,2H2,1H3. The molecule has 0 amide bonds. The first-order chi connectivity index (χ1) is 6.15. The van der Waals surface area contributed by atoms with Crippen molar-refractivity contribution in [2.24, 2.45) is 0 Å². The van der Waals surface area contributed by atoms with E-state index in [1.807, 2.05) is 22.6 Å². The van der Waals surface area contributed by atoms with Crippen LogP contribution in [-0.2, 0) is 4.74 Å². The van der Waals surface area contributed by atoms with Gasteiger partial charge in [-0.05, 0) is 29.5 Å². The third-order valence-electron chi connectivity index (χ3n) is 1.17. The maximum Gasteiger partial charge on any atom is 0.359 e. The largest absolute Gasteiger partial charge is 0.461 e. The molecule has 13 heavy (non-hydrogen) atoms. The summed E-state index contributed by atoms with van der Waals surface area (Å²) >= 11 is 7.48. The SMILES string of the molecule is CCOC(=O)c1nc(Cl)cnc1I. The Hall–Kier alpha value is -0.430. The summed E-state index contributed by atoms with van der Waals surface area (Å²) in [6, 6.07) is 0. The molecular formula is C7H6ClIN2O2. The Balaban J connectivity index is 2.99. The highest BCUT2D eigenvalue weighted by atomic mass is 127. The van der Waals surface area contributed by atoms with Crippen molar-refractivity contribution in [3.8, 4) is 0 Å². The lowest BCUT2D eigenvalue weighted by molar-refractivity contribution is 0.0517.